The number of nitrogens with two attached hydrogens (primary N) is 1. The van der Waals surface area contributed by atoms with E-state index in [4.69, 9.17) is 5.73 Å². The van der Waals surface area contributed by atoms with Crippen molar-refractivity contribution in [2.45, 2.75) is 19.4 Å². The van der Waals surface area contributed by atoms with E-state index in [1.165, 1.54) is 0 Å². The highest BCUT2D eigenvalue weighted by Gasteiger charge is 2.30. The fourth-order valence-electron chi connectivity index (χ4n) is 2.66. The molecule has 0 aromatic heterocycles. The molecule has 21 heavy (non-hydrogen) atoms. The third kappa shape index (κ3) is 4.82. The summed E-state index contributed by atoms with van der Waals surface area (Å²) in [5, 5.41) is 0. The minimum Gasteiger partial charge on any atom is -0.337 e. The summed E-state index contributed by atoms with van der Waals surface area (Å²) in [6, 6.07) is 9.74. The van der Waals surface area contributed by atoms with Gasteiger partial charge in [0, 0.05) is 26.1 Å². The van der Waals surface area contributed by atoms with Gasteiger partial charge in [0.1, 0.15) is 0 Å². The molecule has 1 amide bonds. The number of nitrogens with zero attached hydrogens (tertiary/aromatic N) is 1. The zero-order valence-corrected chi connectivity index (χ0v) is 12.9. The van der Waals surface area contributed by atoms with E-state index in [1.807, 2.05) is 30.3 Å². The summed E-state index contributed by atoms with van der Waals surface area (Å²) in [6.45, 7) is 1.42. The van der Waals surface area contributed by atoms with Crippen molar-refractivity contribution in [2.75, 3.05) is 24.6 Å². The molecule has 1 aliphatic heterocycles. The summed E-state index contributed by atoms with van der Waals surface area (Å²) in [5.74, 6) is 0.297. The largest absolute Gasteiger partial charge is 0.337 e. The van der Waals surface area contributed by atoms with Gasteiger partial charge in [0.15, 0.2) is 9.84 Å². The van der Waals surface area contributed by atoms with Gasteiger partial charge in [0.25, 0.3) is 0 Å². The van der Waals surface area contributed by atoms with Crippen molar-refractivity contribution < 1.29 is 13.2 Å². The van der Waals surface area contributed by atoms with Crippen molar-refractivity contribution in [1.29, 1.82) is 0 Å². The Morgan fingerprint density at radius 3 is 2.57 bits per heavy atom. The maximum absolute atomic E-state index is 12.4. The molecule has 2 N–H and O–H groups in total. The molecule has 0 bridgehead atoms. The summed E-state index contributed by atoms with van der Waals surface area (Å²) in [6.07, 6.45) is 0.891. The van der Waals surface area contributed by atoms with Gasteiger partial charge in [0.05, 0.1) is 11.5 Å². The third-order valence-corrected chi connectivity index (χ3v) is 5.60. The van der Waals surface area contributed by atoms with Crippen LogP contribution in [0, 0.1) is 5.92 Å². The van der Waals surface area contributed by atoms with Crippen LogP contribution < -0.4 is 5.73 Å². The van der Waals surface area contributed by atoms with Crippen molar-refractivity contribution in [1.82, 2.24) is 4.90 Å². The summed E-state index contributed by atoms with van der Waals surface area (Å²) in [4.78, 5) is 14.1. The topological polar surface area (TPSA) is 80.5 Å². The average molecular weight is 310 g/mol. The molecule has 1 fully saturated rings. The summed E-state index contributed by atoms with van der Waals surface area (Å²) < 4.78 is 22.9. The molecule has 1 saturated heterocycles. The van der Waals surface area contributed by atoms with Gasteiger partial charge in [-0.2, -0.15) is 0 Å². The Kier molecular flexibility index (Phi) is 5.36. The molecule has 1 atom stereocenters. The number of carbonyl (C=O) groups is 1. The van der Waals surface area contributed by atoms with Crippen molar-refractivity contribution in [3.05, 3.63) is 35.9 Å². The smallest absolute Gasteiger partial charge is 0.223 e. The lowest BCUT2D eigenvalue weighted by Crippen LogP contribution is -2.36. The first kappa shape index (κ1) is 16.0. The molecular weight excluding hydrogens is 288 g/mol. The molecule has 2 rings (SSSR count). The fraction of sp³-hybridized carbons (Fsp3) is 0.533. The van der Waals surface area contributed by atoms with Crippen molar-refractivity contribution >= 4 is 15.7 Å². The standard InChI is InChI=1S/C15H22N2O3S/c16-7-8-17(11-13-4-2-1-3-5-13)15(18)10-14-6-9-21(19,20)12-14/h1-5,14H,6-12,16H2. The number of carbonyl (C=O) groups excluding carboxylic acids is 1. The Labute approximate surface area is 126 Å². The highest BCUT2D eigenvalue weighted by Crippen LogP contribution is 2.22. The zero-order valence-electron chi connectivity index (χ0n) is 12.1. The van der Waals surface area contributed by atoms with Gasteiger partial charge in [0.2, 0.25) is 5.91 Å². The van der Waals surface area contributed by atoms with E-state index >= 15 is 0 Å². The normalized spacial score (nSPS) is 20.3. The van der Waals surface area contributed by atoms with Crippen LogP contribution in [0.15, 0.2) is 30.3 Å². The molecular formula is C15H22N2O3S. The Hall–Kier alpha value is -1.40. The first-order valence-corrected chi connectivity index (χ1v) is 9.04. The minimum atomic E-state index is -2.93. The zero-order chi connectivity index (χ0) is 15.3. The maximum Gasteiger partial charge on any atom is 0.223 e. The second kappa shape index (κ2) is 7.04. The van der Waals surface area contributed by atoms with Gasteiger partial charge < -0.3 is 10.6 Å². The predicted molar refractivity (Wildman–Crippen MR) is 82.3 cm³/mol. The monoisotopic (exact) mass is 310 g/mol. The van der Waals surface area contributed by atoms with E-state index < -0.39 is 9.84 Å². The highest BCUT2D eigenvalue weighted by molar-refractivity contribution is 7.91. The van der Waals surface area contributed by atoms with E-state index in [0.29, 0.717) is 32.5 Å². The van der Waals surface area contributed by atoms with Crippen LogP contribution in [0.2, 0.25) is 0 Å². The van der Waals surface area contributed by atoms with Crippen molar-refractivity contribution in [2.24, 2.45) is 11.7 Å². The molecule has 116 valence electrons. The number of rotatable bonds is 6. The number of amides is 1. The summed E-state index contributed by atoms with van der Waals surface area (Å²) in [7, 11) is -2.93. The SMILES string of the molecule is NCCN(Cc1ccccc1)C(=O)CC1CCS(=O)(=O)C1. The first-order chi connectivity index (χ1) is 10.00. The molecule has 1 heterocycles. The molecule has 1 unspecified atom stereocenters. The molecule has 1 aliphatic rings. The number of hydrogen-bond donors (Lipinski definition) is 1. The van der Waals surface area contributed by atoms with Crippen LogP contribution in [-0.4, -0.2) is 43.8 Å². The molecule has 0 radical (unpaired) electrons. The van der Waals surface area contributed by atoms with Gasteiger partial charge >= 0.3 is 0 Å². The molecule has 5 nitrogen and oxygen atoms in total. The van der Waals surface area contributed by atoms with Crippen LogP contribution in [0.4, 0.5) is 0 Å². The van der Waals surface area contributed by atoms with Gasteiger partial charge in [-0.15, -0.1) is 0 Å². The fourth-order valence-corrected chi connectivity index (χ4v) is 4.52. The van der Waals surface area contributed by atoms with Gasteiger partial charge in [-0.25, -0.2) is 8.42 Å². The second-order valence-corrected chi connectivity index (χ2v) is 7.79. The van der Waals surface area contributed by atoms with Crippen LogP contribution >= 0.6 is 0 Å². The van der Waals surface area contributed by atoms with Crippen LogP contribution in [0.1, 0.15) is 18.4 Å². The Morgan fingerprint density at radius 1 is 1.29 bits per heavy atom. The maximum atomic E-state index is 12.4. The van der Waals surface area contributed by atoms with Gasteiger partial charge in [-0.1, -0.05) is 30.3 Å². The van der Waals surface area contributed by atoms with Crippen LogP contribution in [-0.2, 0) is 21.2 Å². The van der Waals surface area contributed by atoms with E-state index in [2.05, 4.69) is 0 Å². The van der Waals surface area contributed by atoms with E-state index in [0.717, 1.165) is 5.56 Å². The summed E-state index contributed by atoms with van der Waals surface area (Å²) in [5.41, 5.74) is 6.64. The van der Waals surface area contributed by atoms with Crippen LogP contribution in [0.3, 0.4) is 0 Å². The molecule has 1 aromatic rings. The lowest BCUT2D eigenvalue weighted by molar-refractivity contribution is -0.132. The first-order valence-electron chi connectivity index (χ1n) is 7.22. The van der Waals surface area contributed by atoms with E-state index in [-0.39, 0.29) is 23.3 Å². The third-order valence-electron chi connectivity index (χ3n) is 3.76. The average Bonchev–Trinajstić information content (AvgIpc) is 2.78. The number of sulfone groups is 1. The van der Waals surface area contributed by atoms with Crippen LogP contribution in [0.5, 0.6) is 0 Å². The molecule has 0 saturated carbocycles. The Balaban J connectivity index is 1.96. The Morgan fingerprint density at radius 2 is 2.00 bits per heavy atom. The predicted octanol–water partition coefficient (Wildman–Crippen LogP) is 0.799. The highest BCUT2D eigenvalue weighted by atomic mass is 32.2. The van der Waals surface area contributed by atoms with E-state index in [9.17, 15) is 13.2 Å². The van der Waals surface area contributed by atoms with Gasteiger partial charge in [-0.05, 0) is 17.9 Å². The second-order valence-electron chi connectivity index (χ2n) is 5.56. The Bertz CT molecular complexity index is 572. The minimum absolute atomic E-state index is 0.00796. The summed E-state index contributed by atoms with van der Waals surface area (Å²) >= 11 is 0. The molecule has 0 aliphatic carbocycles. The van der Waals surface area contributed by atoms with E-state index in [1.54, 1.807) is 4.90 Å². The van der Waals surface area contributed by atoms with Crippen molar-refractivity contribution in [3.8, 4) is 0 Å². The van der Waals surface area contributed by atoms with Gasteiger partial charge in [-0.3, -0.25) is 4.79 Å². The quantitative estimate of drug-likeness (QED) is 0.843. The lowest BCUT2D eigenvalue weighted by atomic mass is 10.0. The lowest BCUT2D eigenvalue weighted by Gasteiger charge is -2.23. The molecule has 6 heteroatoms. The molecule has 1 aromatic carbocycles. The number of benzene rings is 1. The van der Waals surface area contributed by atoms with Crippen LogP contribution in [0.25, 0.3) is 0 Å². The number of hydrogen-bond acceptors (Lipinski definition) is 4. The molecule has 0 spiro atoms. The van der Waals surface area contributed by atoms with Crippen molar-refractivity contribution in [3.63, 3.8) is 0 Å².